The molecule has 0 aliphatic rings. The highest BCUT2D eigenvalue weighted by Crippen LogP contribution is 2.29. The number of hydrogen-bond acceptors (Lipinski definition) is 3. The van der Waals surface area contributed by atoms with E-state index < -0.39 is 11.7 Å². The van der Waals surface area contributed by atoms with Crippen LogP contribution in [0.5, 0.6) is 0 Å². The molecule has 1 heterocycles. The number of alkyl halides is 3. The number of hydrogen-bond donors (Lipinski definition) is 1. The molecule has 0 aliphatic carbocycles. The third-order valence-electron chi connectivity index (χ3n) is 3.72. The summed E-state index contributed by atoms with van der Waals surface area (Å²) in [5, 5.41) is 3.26. The molecular weight excluding hydrogens is 341 g/mol. The second-order valence-corrected chi connectivity index (χ2v) is 5.85. The van der Waals surface area contributed by atoms with Gasteiger partial charge >= 0.3 is 6.18 Å². The first-order valence-corrected chi connectivity index (χ1v) is 8.00. The van der Waals surface area contributed by atoms with Gasteiger partial charge in [0.05, 0.1) is 17.8 Å². The molecule has 3 nitrogen and oxygen atoms in total. The Morgan fingerprint density at radius 1 is 1.08 bits per heavy atom. The van der Waals surface area contributed by atoms with Crippen molar-refractivity contribution in [3.63, 3.8) is 0 Å². The van der Waals surface area contributed by atoms with E-state index >= 15 is 0 Å². The van der Waals surface area contributed by atoms with E-state index in [2.05, 4.69) is 10.3 Å². The highest BCUT2D eigenvalue weighted by atomic mass is 19.4. The van der Waals surface area contributed by atoms with Gasteiger partial charge in [-0.2, -0.15) is 13.2 Å². The highest BCUT2D eigenvalue weighted by molar-refractivity contribution is 5.66. The molecular formula is C20H17F3N2O. The Bertz CT molecular complexity index is 896. The number of oxazole rings is 1. The van der Waals surface area contributed by atoms with Crippen molar-refractivity contribution in [3.8, 4) is 0 Å². The maximum atomic E-state index is 12.5. The largest absolute Gasteiger partial charge is 0.445 e. The van der Waals surface area contributed by atoms with Crippen molar-refractivity contribution in [1.82, 2.24) is 4.98 Å². The van der Waals surface area contributed by atoms with Crippen LogP contribution < -0.4 is 5.32 Å². The minimum atomic E-state index is -4.33. The quantitative estimate of drug-likeness (QED) is 0.628. The summed E-state index contributed by atoms with van der Waals surface area (Å²) in [7, 11) is 0. The Labute approximate surface area is 149 Å². The van der Waals surface area contributed by atoms with Crippen LogP contribution in [0.4, 0.5) is 18.9 Å². The van der Waals surface area contributed by atoms with Crippen LogP contribution in [0.1, 0.15) is 28.3 Å². The van der Waals surface area contributed by atoms with E-state index in [1.54, 1.807) is 18.4 Å². The Kier molecular flexibility index (Phi) is 5.11. The molecule has 0 bridgehead atoms. The molecule has 0 spiro atoms. The minimum Gasteiger partial charge on any atom is -0.445 e. The van der Waals surface area contributed by atoms with Crippen molar-refractivity contribution in [1.29, 1.82) is 0 Å². The topological polar surface area (TPSA) is 38.1 Å². The number of halogens is 3. The first-order valence-electron chi connectivity index (χ1n) is 8.00. The number of rotatable bonds is 5. The smallest absolute Gasteiger partial charge is 0.416 e. The zero-order valence-electron chi connectivity index (χ0n) is 14.0. The SMILES string of the molecule is Cc1cccc(NCc2coc(/C=C/c3ccc(C(F)(F)F)cc3)n2)c1. The van der Waals surface area contributed by atoms with E-state index in [0.717, 1.165) is 29.1 Å². The van der Waals surface area contributed by atoms with Gasteiger partial charge in [-0.05, 0) is 48.4 Å². The van der Waals surface area contributed by atoms with Crippen LogP contribution in [0.25, 0.3) is 12.2 Å². The molecule has 134 valence electrons. The molecule has 3 aromatic rings. The Balaban J connectivity index is 1.60. The van der Waals surface area contributed by atoms with Gasteiger partial charge in [0.1, 0.15) is 6.26 Å². The second-order valence-electron chi connectivity index (χ2n) is 5.85. The van der Waals surface area contributed by atoms with Gasteiger partial charge < -0.3 is 9.73 Å². The van der Waals surface area contributed by atoms with Crippen LogP contribution in [-0.2, 0) is 12.7 Å². The fourth-order valence-corrected chi connectivity index (χ4v) is 2.38. The van der Waals surface area contributed by atoms with E-state index in [1.807, 2.05) is 31.2 Å². The number of nitrogens with one attached hydrogen (secondary N) is 1. The number of aryl methyl sites for hydroxylation is 1. The van der Waals surface area contributed by atoms with Gasteiger partial charge in [0.2, 0.25) is 5.89 Å². The van der Waals surface area contributed by atoms with E-state index in [4.69, 9.17) is 4.42 Å². The van der Waals surface area contributed by atoms with E-state index in [0.29, 0.717) is 18.0 Å². The molecule has 0 atom stereocenters. The lowest BCUT2D eigenvalue weighted by Gasteiger charge is -2.05. The Morgan fingerprint density at radius 3 is 2.54 bits per heavy atom. The predicted molar refractivity (Wildman–Crippen MR) is 95.4 cm³/mol. The number of benzene rings is 2. The molecule has 0 radical (unpaired) electrons. The Morgan fingerprint density at radius 2 is 1.85 bits per heavy atom. The molecule has 0 amide bonds. The van der Waals surface area contributed by atoms with Crippen LogP contribution in [-0.4, -0.2) is 4.98 Å². The summed E-state index contributed by atoms with van der Waals surface area (Å²) >= 11 is 0. The van der Waals surface area contributed by atoms with Crippen LogP contribution in [0.3, 0.4) is 0 Å². The molecule has 0 fully saturated rings. The summed E-state index contributed by atoms with van der Waals surface area (Å²) < 4.78 is 43.0. The normalized spacial score (nSPS) is 11.8. The van der Waals surface area contributed by atoms with E-state index in [-0.39, 0.29) is 0 Å². The molecule has 26 heavy (non-hydrogen) atoms. The zero-order valence-corrected chi connectivity index (χ0v) is 14.0. The second kappa shape index (κ2) is 7.47. The third-order valence-corrected chi connectivity index (χ3v) is 3.72. The maximum Gasteiger partial charge on any atom is 0.416 e. The lowest BCUT2D eigenvalue weighted by Crippen LogP contribution is -2.03. The summed E-state index contributed by atoms with van der Waals surface area (Å²) in [4.78, 5) is 4.32. The average molecular weight is 358 g/mol. The van der Waals surface area contributed by atoms with E-state index in [1.165, 1.54) is 12.1 Å². The predicted octanol–water partition coefficient (Wildman–Crippen LogP) is 5.78. The van der Waals surface area contributed by atoms with Gasteiger partial charge in [-0.25, -0.2) is 4.98 Å². The lowest BCUT2D eigenvalue weighted by atomic mass is 10.1. The number of nitrogens with zero attached hydrogens (tertiary/aromatic N) is 1. The highest BCUT2D eigenvalue weighted by Gasteiger charge is 2.29. The van der Waals surface area contributed by atoms with Gasteiger partial charge in [0.25, 0.3) is 0 Å². The fraction of sp³-hybridized carbons (Fsp3) is 0.150. The summed E-state index contributed by atoms with van der Waals surface area (Å²) in [6, 6.07) is 12.9. The standard InChI is InChI=1S/C20H17F3N2O/c1-14-3-2-4-17(11-14)24-12-18-13-26-19(25-18)10-7-15-5-8-16(9-6-15)20(21,22)23/h2-11,13,24H,12H2,1H3/b10-7+. The fourth-order valence-electron chi connectivity index (χ4n) is 2.38. The summed E-state index contributed by atoms with van der Waals surface area (Å²) in [5.74, 6) is 0.394. The number of anilines is 1. The Hall–Kier alpha value is -3.02. The van der Waals surface area contributed by atoms with Gasteiger partial charge in [0, 0.05) is 11.8 Å². The molecule has 0 saturated carbocycles. The van der Waals surface area contributed by atoms with Crippen molar-refractivity contribution in [2.45, 2.75) is 19.6 Å². The van der Waals surface area contributed by atoms with Crippen molar-refractivity contribution in [2.75, 3.05) is 5.32 Å². The molecule has 0 unspecified atom stereocenters. The summed E-state index contributed by atoms with van der Waals surface area (Å²) in [6.07, 6.45) is 0.502. The summed E-state index contributed by atoms with van der Waals surface area (Å²) in [6.45, 7) is 2.53. The molecule has 0 aliphatic heterocycles. The zero-order chi connectivity index (χ0) is 18.6. The van der Waals surface area contributed by atoms with Crippen molar-refractivity contribution in [3.05, 3.63) is 83.1 Å². The van der Waals surface area contributed by atoms with Gasteiger partial charge in [-0.3, -0.25) is 0 Å². The van der Waals surface area contributed by atoms with Gasteiger partial charge in [0.15, 0.2) is 0 Å². The molecule has 2 aromatic carbocycles. The maximum absolute atomic E-state index is 12.5. The van der Waals surface area contributed by atoms with Crippen molar-refractivity contribution >= 4 is 17.8 Å². The lowest BCUT2D eigenvalue weighted by molar-refractivity contribution is -0.137. The average Bonchev–Trinajstić information content (AvgIpc) is 3.06. The first kappa shape index (κ1) is 17.8. The summed E-state index contributed by atoms with van der Waals surface area (Å²) in [5.41, 5.74) is 2.86. The molecule has 3 rings (SSSR count). The molecule has 6 heteroatoms. The van der Waals surface area contributed by atoms with Gasteiger partial charge in [-0.1, -0.05) is 24.3 Å². The number of aromatic nitrogens is 1. The van der Waals surface area contributed by atoms with Crippen molar-refractivity contribution < 1.29 is 17.6 Å². The van der Waals surface area contributed by atoms with Crippen LogP contribution in [0.2, 0.25) is 0 Å². The van der Waals surface area contributed by atoms with Crippen molar-refractivity contribution in [2.24, 2.45) is 0 Å². The molecule has 1 aromatic heterocycles. The van der Waals surface area contributed by atoms with Crippen LogP contribution in [0.15, 0.2) is 59.2 Å². The third kappa shape index (κ3) is 4.75. The van der Waals surface area contributed by atoms with Crippen LogP contribution >= 0.6 is 0 Å². The molecule has 0 saturated heterocycles. The van der Waals surface area contributed by atoms with E-state index in [9.17, 15) is 13.2 Å². The minimum absolute atomic E-state index is 0.394. The van der Waals surface area contributed by atoms with Crippen LogP contribution in [0, 0.1) is 6.92 Å². The molecule has 1 N–H and O–H groups in total. The van der Waals surface area contributed by atoms with Gasteiger partial charge in [-0.15, -0.1) is 0 Å². The first-order chi connectivity index (χ1) is 12.4. The monoisotopic (exact) mass is 358 g/mol.